The van der Waals surface area contributed by atoms with Gasteiger partial charge < -0.3 is 15.5 Å². The molecule has 8 nitrogen and oxygen atoms in total. The topological polar surface area (TPSA) is 138 Å². The number of aliphatic hydroxyl groups is 2. The molecule has 0 radical (unpaired) electrons. The maximum Gasteiger partial charge on any atom is 0.354 e. The molecular formula is C21H27FN4O4S2. The predicted octanol–water partition coefficient (Wildman–Crippen LogP) is 3.13. The van der Waals surface area contributed by atoms with Crippen LogP contribution in [0.5, 0.6) is 0 Å². The van der Waals surface area contributed by atoms with Gasteiger partial charge in [0.2, 0.25) is 0 Å². The number of nitrogens with zero attached hydrogens (tertiary/aromatic N) is 2. The number of nitrogens with one attached hydrogen (secondary N) is 1. The third-order valence-electron chi connectivity index (χ3n) is 6.18. The van der Waals surface area contributed by atoms with Gasteiger partial charge in [0.25, 0.3) is 0 Å². The lowest BCUT2D eigenvalue weighted by molar-refractivity contribution is 0.000654. The smallest absolute Gasteiger partial charge is 0.354 e. The second-order valence-corrected chi connectivity index (χ2v) is 12.3. The molecule has 2 aromatic rings. The maximum absolute atomic E-state index is 14.5. The standard InChI is InChI=1S/C21H27FN4O4S2/c1-20(2)8-7-12-16(11-5-4-6-14(11)24-17(12)20)25-19(28)26-32(23,30)18-13(22)9-15(31-18)21(3,29)10-27/h9,27,29H,4-8,10H2,1-3H3,(H3,23,24,25,26,28,30)/t21?,32-/m0/s1. The number of rotatable bonds is 4. The van der Waals surface area contributed by atoms with Gasteiger partial charge in [-0.15, -0.1) is 15.7 Å². The molecule has 0 fully saturated rings. The van der Waals surface area contributed by atoms with Crippen molar-refractivity contribution >= 4 is 33.0 Å². The highest BCUT2D eigenvalue weighted by molar-refractivity contribution is 7.93. The van der Waals surface area contributed by atoms with Crippen molar-refractivity contribution in [3.63, 3.8) is 0 Å². The highest BCUT2D eigenvalue weighted by Crippen LogP contribution is 2.44. The van der Waals surface area contributed by atoms with Gasteiger partial charge in [-0.25, -0.2) is 18.5 Å². The first-order valence-electron chi connectivity index (χ1n) is 10.4. The van der Waals surface area contributed by atoms with Gasteiger partial charge >= 0.3 is 6.03 Å². The molecule has 0 aromatic carbocycles. The van der Waals surface area contributed by atoms with Crippen molar-refractivity contribution < 1.29 is 23.6 Å². The Balaban J connectivity index is 1.70. The Kier molecular flexibility index (Phi) is 5.70. The van der Waals surface area contributed by atoms with Crippen LogP contribution in [0.3, 0.4) is 0 Å². The molecule has 2 atom stereocenters. The first-order valence-corrected chi connectivity index (χ1v) is 12.8. The van der Waals surface area contributed by atoms with E-state index in [9.17, 15) is 23.6 Å². The summed E-state index contributed by atoms with van der Waals surface area (Å²) in [6.45, 7) is 4.86. The zero-order chi connectivity index (χ0) is 23.5. The van der Waals surface area contributed by atoms with Gasteiger partial charge in [-0.3, -0.25) is 4.98 Å². The molecule has 2 aromatic heterocycles. The molecule has 0 saturated carbocycles. The van der Waals surface area contributed by atoms with Crippen molar-refractivity contribution in [2.24, 2.45) is 9.50 Å². The van der Waals surface area contributed by atoms with Gasteiger partial charge in [-0.1, -0.05) is 13.8 Å². The van der Waals surface area contributed by atoms with Crippen LogP contribution in [0, 0.1) is 5.82 Å². The molecule has 5 N–H and O–H groups in total. The highest BCUT2D eigenvalue weighted by atomic mass is 32.2. The molecule has 2 aliphatic rings. The van der Waals surface area contributed by atoms with Crippen LogP contribution in [-0.2, 0) is 40.2 Å². The fraction of sp³-hybridized carbons (Fsp3) is 0.524. The van der Waals surface area contributed by atoms with Crippen molar-refractivity contribution in [2.75, 3.05) is 11.9 Å². The number of nitrogens with two attached hydrogens (primary N) is 1. The highest BCUT2D eigenvalue weighted by Gasteiger charge is 2.36. The van der Waals surface area contributed by atoms with Crippen LogP contribution in [0.25, 0.3) is 0 Å². The van der Waals surface area contributed by atoms with E-state index >= 15 is 0 Å². The van der Waals surface area contributed by atoms with E-state index in [1.807, 2.05) is 0 Å². The molecule has 2 amide bonds. The number of aryl methyl sites for hydroxylation is 1. The Morgan fingerprint density at radius 1 is 1.41 bits per heavy atom. The number of fused-ring (bicyclic) bond motifs is 2. The van der Waals surface area contributed by atoms with Crippen LogP contribution in [0.4, 0.5) is 14.9 Å². The number of hydrogen-bond donors (Lipinski definition) is 4. The van der Waals surface area contributed by atoms with E-state index in [2.05, 4.69) is 23.5 Å². The Labute approximate surface area is 190 Å². The predicted molar refractivity (Wildman–Crippen MR) is 121 cm³/mol. The maximum atomic E-state index is 14.5. The average molecular weight is 483 g/mol. The van der Waals surface area contributed by atoms with Crippen LogP contribution < -0.4 is 10.5 Å². The third kappa shape index (κ3) is 3.96. The van der Waals surface area contributed by atoms with Gasteiger partial charge in [-0.05, 0) is 56.2 Å². The second kappa shape index (κ2) is 7.84. The molecule has 0 bridgehead atoms. The first-order chi connectivity index (χ1) is 14.9. The summed E-state index contributed by atoms with van der Waals surface area (Å²) >= 11 is 0.617. The SMILES string of the molecule is CC1(C)CCc2c1nc1c(c2NC(=O)N=[S@](N)(=O)c2sc(C(C)(O)CO)cc2F)CCC1. The lowest BCUT2D eigenvalue weighted by atomic mass is 9.90. The normalized spacial score (nSPS) is 20.2. The fourth-order valence-electron chi connectivity index (χ4n) is 4.32. The minimum atomic E-state index is -3.91. The number of carbonyl (C=O) groups is 1. The third-order valence-corrected chi connectivity index (χ3v) is 9.46. The average Bonchev–Trinajstić information content (AvgIpc) is 3.39. The largest absolute Gasteiger partial charge is 0.393 e. The van der Waals surface area contributed by atoms with Crippen molar-refractivity contribution in [1.82, 2.24) is 4.98 Å². The van der Waals surface area contributed by atoms with Crippen LogP contribution in [0.15, 0.2) is 14.6 Å². The molecular weight excluding hydrogens is 455 g/mol. The van der Waals surface area contributed by atoms with E-state index in [4.69, 9.17) is 10.1 Å². The summed E-state index contributed by atoms with van der Waals surface area (Å²) in [5, 5.41) is 28.0. The molecule has 0 saturated heterocycles. The number of thiophene rings is 1. The molecule has 2 heterocycles. The number of pyridine rings is 1. The van der Waals surface area contributed by atoms with E-state index in [0.29, 0.717) is 17.0 Å². The van der Waals surface area contributed by atoms with E-state index in [1.165, 1.54) is 6.92 Å². The quantitative estimate of drug-likeness (QED) is 0.530. The lowest BCUT2D eigenvalue weighted by Crippen LogP contribution is -2.24. The fourth-order valence-corrected chi connectivity index (χ4v) is 6.70. The molecule has 2 aliphatic carbocycles. The monoisotopic (exact) mass is 482 g/mol. The lowest BCUT2D eigenvalue weighted by Gasteiger charge is -2.20. The van der Waals surface area contributed by atoms with Crippen LogP contribution >= 0.6 is 11.3 Å². The van der Waals surface area contributed by atoms with Crippen LogP contribution in [0.2, 0.25) is 0 Å². The minimum Gasteiger partial charge on any atom is -0.393 e. The summed E-state index contributed by atoms with van der Waals surface area (Å²) in [5.74, 6) is -0.949. The van der Waals surface area contributed by atoms with Crippen LogP contribution in [0.1, 0.15) is 61.0 Å². The number of aliphatic hydroxyl groups excluding tert-OH is 1. The number of halogens is 1. The second-order valence-electron chi connectivity index (χ2n) is 9.24. The molecule has 11 heteroatoms. The summed E-state index contributed by atoms with van der Waals surface area (Å²) in [4.78, 5) is 17.7. The Bertz CT molecular complexity index is 1230. The summed E-state index contributed by atoms with van der Waals surface area (Å²) < 4.78 is 30.6. The Morgan fingerprint density at radius 3 is 2.81 bits per heavy atom. The van der Waals surface area contributed by atoms with Gasteiger partial charge in [-0.2, -0.15) is 0 Å². The number of carbonyl (C=O) groups excluding carboxylic acids is 1. The van der Waals surface area contributed by atoms with Gasteiger partial charge in [0.05, 0.1) is 18.0 Å². The number of anilines is 1. The molecule has 4 rings (SSSR count). The van der Waals surface area contributed by atoms with Crippen molar-refractivity contribution in [3.05, 3.63) is 39.3 Å². The van der Waals surface area contributed by atoms with E-state index < -0.39 is 38.2 Å². The summed E-state index contributed by atoms with van der Waals surface area (Å²) in [5.41, 5.74) is 2.68. The van der Waals surface area contributed by atoms with E-state index in [0.717, 1.165) is 60.7 Å². The summed E-state index contributed by atoms with van der Waals surface area (Å²) in [6, 6.07) is 0.0221. The van der Waals surface area contributed by atoms with E-state index in [-0.39, 0.29) is 10.3 Å². The Hall–Kier alpha value is -1.92. The number of urea groups is 1. The zero-order valence-corrected chi connectivity index (χ0v) is 19.8. The van der Waals surface area contributed by atoms with Gasteiger partial charge in [0.1, 0.15) is 5.60 Å². The molecule has 32 heavy (non-hydrogen) atoms. The first kappa shape index (κ1) is 23.2. The summed E-state index contributed by atoms with van der Waals surface area (Å²) in [7, 11) is -3.91. The summed E-state index contributed by atoms with van der Waals surface area (Å²) in [6.07, 6.45) is 4.21. The minimum absolute atomic E-state index is 0.0355. The molecule has 1 unspecified atom stereocenters. The zero-order valence-electron chi connectivity index (χ0n) is 18.2. The van der Waals surface area contributed by atoms with Crippen molar-refractivity contribution in [1.29, 1.82) is 0 Å². The molecule has 174 valence electrons. The van der Waals surface area contributed by atoms with Gasteiger partial charge in [0, 0.05) is 16.0 Å². The van der Waals surface area contributed by atoms with E-state index in [1.54, 1.807) is 0 Å². The van der Waals surface area contributed by atoms with Crippen molar-refractivity contribution in [3.8, 4) is 0 Å². The number of amides is 2. The number of hydrogen-bond acceptors (Lipinski definition) is 6. The molecule has 0 spiro atoms. The number of aromatic nitrogens is 1. The van der Waals surface area contributed by atoms with Gasteiger partial charge in [0.15, 0.2) is 19.9 Å². The van der Waals surface area contributed by atoms with Crippen LogP contribution in [-0.4, -0.2) is 32.0 Å². The Morgan fingerprint density at radius 2 is 2.12 bits per heavy atom. The molecule has 0 aliphatic heterocycles. The van der Waals surface area contributed by atoms with Crippen molar-refractivity contribution in [2.45, 2.75) is 68.1 Å².